The molecule has 1 aromatic heterocycles. The third kappa shape index (κ3) is 3.33. The summed E-state index contributed by atoms with van der Waals surface area (Å²) >= 11 is 0. The van der Waals surface area contributed by atoms with E-state index < -0.39 is 5.54 Å². The highest BCUT2D eigenvalue weighted by atomic mass is 35.5. The Kier molecular flexibility index (Phi) is 5.59. The van der Waals surface area contributed by atoms with Crippen molar-refractivity contribution in [2.75, 3.05) is 6.54 Å². The van der Waals surface area contributed by atoms with Gasteiger partial charge in [0.25, 0.3) is 0 Å². The Morgan fingerprint density at radius 1 is 1.40 bits per heavy atom. The minimum atomic E-state index is -0.626. The maximum atomic E-state index is 12.1. The number of nitrogens with one attached hydrogen (secondary N) is 1. The van der Waals surface area contributed by atoms with Gasteiger partial charge in [-0.05, 0) is 38.7 Å². The monoisotopic (exact) mass is 300 g/mol. The molecule has 1 heterocycles. The third-order valence-electron chi connectivity index (χ3n) is 4.27. The van der Waals surface area contributed by atoms with E-state index in [-0.39, 0.29) is 18.3 Å². The Bertz CT molecular complexity index is 478. The fourth-order valence-electron chi connectivity index (χ4n) is 2.89. The van der Waals surface area contributed by atoms with Crippen LogP contribution in [0.2, 0.25) is 0 Å². The number of nitrogens with zero attached hydrogens (tertiary/aromatic N) is 2. The van der Waals surface area contributed by atoms with Crippen LogP contribution in [0.25, 0.3) is 0 Å². The number of hydrogen-bond donors (Lipinski definition) is 2. The summed E-state index contributed by atoms with van der Waals surface area (Å²) in [6.07, 6.45) is 4.55. The molecule has 0 bridgehead atoms. The van der Waals surface area contributed by atoms with Crippen LogP contribution < -0.4 is 11.1 Å². The van der Waals surface area contributed by atoms with Gasteiger partial charge in [0.1, 0.15) is 0 Å². The number of carbonyl (C=O) groups excluding carboxylic acids is 1. The quantitative estimate of drug-likeness (QED) is 0.882. The zero-order valence-electron chi connectivity index (χ0n) is 12.5. The largest absolute Gasteiger partial charge is 0.354 e. The summed E-state index contributed by atoms with van der Waals surface area (Å²) in [7, 11) is 1.94. The maximum absolute atomic E-state index is 12.1. The third-order valence-corrected chi connectivity index (χ3v) is 4.27. The van der Waals surface area contributed by atoms with E-state index in [0.29, 0.717) is 6.54 Å². The highest BCUT2D eigenvalue weighted by Crippen LogP contribution is 2.27. The molecule has 0 aromatic carbocycles. The number of rotatable bonds is 4. The van der Waals surface area contributed by atoms with Gasteiger partial charge in [0, 0.05) is 19.3 Å². The molecular weight excluding hydrogens is 276 g/mol. The van der Waals surface area contributed by atoms with E-state index in [9.17, 15) is 4.79 Å². The van der Waals surface area contributed by atoms with Crippen LogP contribution in [0.15, 0.2) is 0 Å². The normalized spacial score (nSPS) is 16.8. The lowest BCUT2D eigenvalue weighted by Gasteiger charge is -2.22. The smallest absolute Gasteiger partial charge is 0.240 e. The molecule has 0 unspecified atom stereocenters. The molecule has 0 saturated heterocycles. The minimum absolute atomic E-state index is 0. The van der Waals surface area contributed by atoms with Gasteiger partial charge in [0.2, 0.25) is 5.91 Å². The highest BCUT2D eigenvalue weighted by Gasteiger charge is 2.36. The molecule has 0 radical (unpaired) electrons. The molecular formula is C14H25ClN4O. The van der Waals surface area contributed by atoms with E-state index in [4.69, 9.17) is 5.73 Å². The maximum Gasteiger partial charge on any atom is 0.240 e. The lowest BCUT2D eigenvalue weighted by molar-refractivity contribution is -0.126. The molecule has 1 amide bonds. The molecule has 5 nitrogen and oxygen atoms in total. The first-order chi connectivity index (χ1) is 8.94. The van der Waals surface area contributed by atoms with E-state index in [1.165, 1.54) is 5.56 Å². The number of nitrogens with two attached hydrogens (primary N) is 1. The van der Waals surface area contributed by atoms with Crippen LogP contribution >= 0.6 is 12.4 Å². The molecule has 0 spiro atoms. The second-order valence-electron chi connectivity index (χ2n) is 5.64. The summed E-state index contributed by atoms with van der Waals surface area (Å²) < 4.78 is 1.88. The summed E-state index contributed by atoms with van der Waals surface area (Å²) in [5.74, 6) is 0.00389. The Hall–Kier alpha value is -1.07. The van der Waals surface area contributed by atoms with Gasteiger partial charge in [-0.1, -0.05) is 12.8 Å². The Balaban J connectivity index is 0.00000200. The topological polar surface area (TPSA) is 72.9 Å². The zero-order chi connectivity index (χ0) is 14.0. The lowest BCUT2D eigenvalue weighted by atomic mass is 9.98. The van der Waals surface area contributed by atoms with Gasteiger partial charge in [-0.2, -0.15) is 5.10 Å². The number of hydrogen-bond acceptors (Lipinski definition) is 3. The van der Waals surface area contributed by atoms with Crippen LogP contribution in [0.3, 0.4) is 0 Å². The van der Waals surface area contributed by atoms with Gasteiger partial charge in [-0.3, -0.25) is 9.48 Å². The Morgan fingerprint density at radius 3 is 2.50 bits per heavy atom. The standard InChI is InChI=1S/C14H24N4O.ClH/c1-10-12(11(2)18(3)17-10)6-9-16-13(19)14(15)7-4-5-8-14;/h4-9,15H2,1-3H3,(H,16,19);1H. The van der Waals surface area contributed by atoms with Crippen molar-refractivity contribution in [1.82, 2.24) is 15.1 Å². The predicted octanol–water partition coefficient (Wildman–Crippen LogP) is 1.39. The van der Waals surface area contributed by atoms with Gasteiger partial charge in [0.15, 0.2) is 0 Å². The van der Waals surface area contributed by atoms with Crippen molar-refractivity contribution in [2.45, 2.75) is 51.5 Å². The zero-order valence-corrected chi connectivity index (χ0v) is 13.3. The number of aromatic nitrogens is 2. The molecule has 20 heavy (non-hydrogen) atoms. The molecule has 3 N–H and O–H groups in total. The average molecular weight is 301 g/mol. The number of halogens is 1. The number of carbonyl (C=O) groups is 1. The van der Waals surface area contributed by atoms with Crippen LogP contribution in [0.1, 0.15) is 42.6 Å². The first-order valence-electron chi connectivity index (χ1n) is 7.00. The van der Waals surface area contributed by atoms with E-state index >= 15 is 0 Å². The fraction of sp³-hybridized carbons (Fsp3) is 0.714. The summed E-state index contributed by atoms with van der Waals surface area (Å²) in [6.45, 7) is 4.69. The SMILES string of the molecule is Cc1nn(C)c(C)c1CCNC(=O)C1(N)CCCC1.Cl. The van der Waals surface area contributed by atoms with Crippen molar-refractivity contribution in [2.24, 2.45) is 12.8 Å². The number of amides is 1. The van der Waals surface area contributed by atoms with Crippen LogP contribution in [-0.4, -0.2) is 27.8 Å². The molecule has 0 atom stereocenters. The first-order valence-corrected chi connectivity index (χ1v) is 7.00. The van der Waals surface area contributed by atoms with E-state index in [2.05, 4.69) is 17.3 Å². The predicted molar refractivity (Wildman–Crippen MR) is 82.0 cm³/mol. The Labute approximate surface area is 126 Å². The van der Waals surface area contributed by atoms with Gasteiger partial charge < -0.3 is 11.1 Å². The van der Waals surface area contributed by atoms with E-state index in [1.807, 2.05) is 18.7 Å². The summed E-state index contributed by atoms with van der Waals surface area (Å²) in [5.41, 5.74) is 8.92. The molecule has 114 valence electrons. The van der Waals surface area contributed by atoms with Crippen molar-refractivity contribution in [3.8, 4) is 0 Å². The van der Waals surface area contributed by atoms with Crippen LogP contribution in [0.5, 0.6) is 0 Å². The molecule has 2 rings (SSSR count). The van der Waals surface area contributed by atoms with Crippen molar-refractivity contribution < 1.29 is 4.79 Å². The summed E-state index contributed by atoms with van der Waals surface area (Å²) in [5, 5.41) is 7.36. The summed E-state index contributed by atoms with van der Waals surface area (Å²) in [4.78, 5) is 12.1. The van der Waals surface area contributed by atoms with Crippen LogP contribution in [0, 0.1) is 13.8 Å². The first kappa shape index (κ1) is 17.0. The van der Waals surface area contributed by atoms with Crippen LogP contribution in [-0.2, 0) is 18.3 Å². The molecule has 1 fully saturated rings. The molecule has 0 aliphatic heterocycles. The lowest BCUT2D eigenvalue weighted by Crippen LogP contribution is -2.52. The van der Waals surface area contributed by atoms with E-state index in [1.54, 1.807) is 0 Å². The van der Waals surface area contributed by atoms with Crippen molar-refractivity contribution >= 4 is 18.3 Å². The van der Waals surface area contributed by atoms with Gasteiger partial charge in [-0.25, -0.2) is 0 Å². The molecule has 1 saturated carbocycles. The summed E-state index contributed by atoms with van der Waals surface area (Å²) in [6, 6.07) is 0. The van der Waals surface area contributed by atoms with Crippen LogP contribution in [0.4, 0.5) is 0 Å². The van der Waals surface area contributed by atoms with E-state index in [0.717, 1.165) is 43.5 Å². The molecule has 1 aromatic rings. The van der Waals surface area contributed by atoms with Gasteiger partial charge in [0.05, 0.1) is 11.2 Å². The second-order valence-corrected chi connectivity index (χ2v) is 5.64. The fourth-order valence-corrected chi connectivity index (χ4v) is 2.89. The average Bonchev–Trinajstić information content (AvgIpc) is 2.89. The van der Waals surface area contributed by atoms with Crippen molar-refractivity contribution in [3.05, 3.63) is 17.0 Å². The van der Waals surface area contributed by atoms with Crippen molar-refractivity contribution in [3.63, 3.8) is 0 Å². The van der Waals surface area contributed by atoms with Gasteiger partial charge in [-0.15, -0.1) is 12.4 Å². The Morgan fingerprint density at radius 2 is 2.00 bits per heavy atom. The van der Waals surface area contributed by atoms with Crippen molar-refractivity contribution in [1.29, 1.82) is 0 Å². The molecule has 1 aliphatic carbocycles. The minimum Gasteiger partial charge on any atom is -0.354 e. The number of aryl methyl sites for hydroxylation is 2. The molecule has 1 aliphatic rings. The highest BCUT2D eigenvalue weighted by molar-refractivity contribution is 5.86. The second kappa shape index (κ2) is 6.59. The van der Waals surface area contributed by atoms with Gasteiger partial charge >= 0.3 is 0 Å². The molecule has 6 heteroatoms.